The van der Waals surface area contributed by atoms with Crippen LogP contribution in [0.4, 0.5) is 5.69 Å². The Hall–Kier alpha value is -2.45. The Labute approximate surface area is 131 Å². The van der Waals surface area contributed by atoms with Gasteiger partial charge in [0.1, 0.15) is 0 Å². The van der Waals surface area contributed by atoms with Gasteiger partial charge in [-0.25, -0.2) is 8.42 Å². The minimum Gasteiger partial charge on any atom is -0.280 e. The van der Waals surface area contributed by atoms with Crippen molar-refractivity contribution in [1.82, 2.24) is 20.6 Å². The van der Waals surface area contributed by atoms with Crippen LogP contribution in [0, 0.1) is 0 Å². The number of sulfonamides is 1. The zero-order chi connectivity index (χ0) is 15.6. The van der Waals surface area contributed by atoms with E-state index in [0.29, 0.717) is 16.5 Å². The van der Waals surface area contributed by atoms with Crippen LogP contribution < -0.4 is 4.72 Å². The molecule has 2 N–H and O–H groups in total. The summed E-state index contributed by atoms with van der Waals surface area (Å²) < 4.78 is 27.0. The molecule has 0 fully saturated rings. The summed E-state index contributed by atoms with van der Waals surface area (Å²) in [5.41, 5.74) is 1.15. The van der Waals surface area contributed by atoms with Gasteiger partial charge in [0, 0.05) is 16.3 Å². The highest BCUT2D eigenvalue weighted by Crippen LogP contribution is 2.21. The minimum absolute atomic E-state index is 0.0993. The van der Waals surface area contributed by atoms with Crippen molar-refractivity contribution in [2.75, 3.05) is 4.72 Å². The fourth-order valence-electron chi connectivity index (χ4n) is 1.82. The first-order valence-electron chi connectivity index (χ1n) is 6.17. The fraction of sp³-hybridized carbons (Fsp3) is 0. The Morgan fingerprint density at radius 1 is 1.09 bits per heavy atom. The van der Waals surface area contributed by atoms with E-state index in [1.54, 1.807) is 36.4 Å². The summed E-state index contributed by atoms with van der Waals surface area (Å²) in [5, 5.41) is 13.9. The number of rotatable bonds is 4. The van der Waals surface area contributed by atoms with Crippen LogP contribution in [-0.4, -0.2) is 29.0 Å². The topological polar surface area (TPSA) is 101 Å². The predicted molar refractivity (Wildman–Crippen MR) is 81.9 cm³/mol. The first-order chi connectivity index (χ1) is 10.5. The Morgan fingerprint density at radius 3 is 2.50 bits per heavy atom. The number of anilines is 1. The molecule has 0 atom stereocenters. The summed E-state index contributed by atoms with van der Waals surface area (Å²) in [5.74, 6) is 0.434. The number of H-pyrrole nitrogens is 1. The maximum atomic E-state index is 12.3. The fourth-order valence-corrected chi connectivity index (χ4v) is 3.18. The number of halogens is 1. The summed E-state index contributed by atoms with van der Waals surface area (Å²) in [7, 11) is -3.69. The first-order valence-corrected chi connectivity index (χ1v) is 8.03. The molecule has 1 aromatic heterocycles. The van der Waals surface area contributed by atoms with Crippen molar-refractivity contribution in [3.8, 4) is 11.4 Å². The molecule has 2 aromatic carbocycles. The van der Waals surface area contributed by atoms with Gasteiger partial charge in [-0.05, 0) is 47.7 Å². The number of tetrazole rings is 1. The molecule has 22 heavy (non-hydrogen) atoms. The summed E-state index contributed by atoms with van der Waals surface area (Å²) in [6.07, 6.45) is 0. The lowest BCUT2D eigenvalue weighted by Gasteiger charge is -2.08. The molecule has 0 aliphatic rings. The first kappa shape index (κ1) is 14.5. The van der Waals surface area contributed by atoms with Crippen LogP contribution in [-0.2, 0) is 10.0 Å². The van der Waals surface area contributed by atoms with Gasteiger partial charge in [0.05, 0.1) is 4.90 Å². The molecule has 0 aliphatic carbocycles. The van der Waals surface area contributed by atoms with Crippen LogP contribution in [0.25, 0.3) is 11.4 Å². The van der Waals surface area contributed by atoms with E-state index in [2.05, 4.69) is 25.3 Å². The third-order valence-corrected chi connectivity index (χ3v) is 4.46. The highest BCUT2D eigenvalue weighted by atomic mass is 35.5. The summed E-state index contributed by atoms with van der Waals surface area (Å²) in [6.45, 7) is 0. The number of nitrogens with one attached hydrogen (secondary N) is 2. The van der Waals surface area contributed by atoms with Crippen molar-refractivity contribution < 1.29 is 8.42 Å². The molecule has 0 saturated carbocycles. The SMILES string of the molecule is O=S(=O)(Nc1ccc(-c2nn[nH]n2)cc1)c1cccc(Cl)c1. The highest BCUT2D eigenvalue weighted by Gasteiger charge is 2.14. The van der Waals surface area contributed by atoms with Crippen LogP contribution in [0.5, 0.6) is 0 Å². The number of aromatic nitrogens is 4. The van der Waals surface area contributed by atoms with Crippen molar-refractivity contribution in [2.45, 2.75) is 4.90 Å². The van der Waals surface area contributed by atoms with E-state index in [9.17, 15) is 8.42 Å². The maximum Gasteiger partial charge on any atom is 0.261 e. The molecule has 0 saturated heterocycles. The molecule has 1 heterocycles. The molecule has 3 rings (SSSR count). The number of hydrogen-bond acceptors (Lipinski definition) is 5. The average molecular weight is 336 g/mol. The van der Waals surface area contributed by atoms with Crippen LogP contribution in [0.2, 0.25) is 5.02 Å². The average Bonchev–Trinajstić information content (AvgIpc) is 3.02. The largest absolute Gasteiger partial charge is 0.280 e. The minimum atomic E-state index is -3.69. The molecule has 0 amide bonds. The second-order valence-corrected chi connectivity index (χ2v) is 6.49. The van der Waals surface area contributed by atoms with Crippen molar-refractivity contribution in [3.05, 3.63) is 53.6 Å². The second kappa shape index (κ2) is 5.74. The van der Waals surface area contributed by atoms with Gasteiger partial charge in [0.2, 0.25) is 5.82 Å². The number of hydrogen-bond donors (Lipinski definition) is 2. The monoisotopic (exact) mass is 335 g/mol. The molecule has 0 unspecified atom stereocenters. The third-order valence-electron chi connectivity index (χ3n) is 2.85. The molecular formula is C13H10ClN5O2S. The normalized spacial score (nSPS) is 11.3. The lowest BCUT2D eigenvalue weighted by atomic mass is 10.2. The number of aromatic amines is 1. The molecule has 9 heteroatoms. The molecular weight excluding hydrogens is 326 g/mol. The van der Waals surface area contributed by atoms with Gasteiger partial charge in [-0.2, -0.15) is 5.21 Å². The van der Waals surface area contributed by atoms with E-state index in [0.717, 1.165) is 5.56 Å². The zero-order valence-electron chi connectivity index (χ0n) is 11.1. The zero-order valence-corrected chi connectivity index (χ0v) is 12.6. The Balaban J connectivity index is 1.84. The summed E-state index contributed by atoms with van der Waals surface area (Å²) in [6, 6.07) is 12.7. The van der Waals surface area contributed by atoms with Gasteiger partial charge in [0.15, 0.2) is 0 Å². The Morgan fingerprint density at radius 2 is 1.86 bits per heavy atom. The van der Waals surface area contributed by atoms with Crippen LogP contribution >= 0.6 is 11.6 Å². The lowest BCUT2D eigenvalue weighted by molar-refractivity contribution is 0.601. The molecule has 3 aromatic rings. The lowest BCUT2D eigenvalue weighted by Crippen LogP contribution is -2.12. The van der Waals surface area contributed by atoms with E-state index < -0.39 is 10.0 Å². The Bertz CT molecular complexity index is 879. The highest BCUT2D eigenvalue weighted by molar-refractivity contribution is 7.92. The molecule has 0 radical (unpaired) electrons. The predicted octanol–water partition coefficient (Wildman–Crippen LogP) is 2.32. The molecule has 0 bridgehead atoms. The third kappa shape index (κ3) is 3.07. The standard InChI is InChI=1S/C13H10ClN5O2S/c14-10-2-1-3-12(8-10)22(20,21)17-11-6-4-9(5-7-11)13-15-18-19-16-13/h1-8,17H,(H,15,16,18,19). The van der Waals surface area contributed by atoms with Crippen molar-refractivity contribution >= 4 is 27.3 Å². The number of benzene rings is 2. The molecule has 7 nitrogen and oxygen atoms in total. The van der Waals surface area contributed by atoms with Gasteiger partial charge < -0.3 is 0 Å². The van der Waals surface area contributed by atoms with E-state index in [1.165, 1.54) is 12.1 Å². The van der Waals surface area contributed by atoms with Gasteiger partial charge in [0.25, 0.3) is 10.0 Å². The van der Waals surface area contributed by atoms with E-state index in [-0.39, 0.29) is 4.90 Å². The van der Waals surface area contributed by atoms with Crippen LogP contribution in [0.15, 0.2) is 53.4 Å². The van der Waals surface area contributed by atoms with Gasteiger partial charge >= 0.3 is 0 Å². The van der Waals surface area contributed by atoms with E-state index in [4.69, 9.17) is 11.6 Å². The van der Waals surface area contributed by atoms with Gasteiger partial charge in [-0.1, -0.05) is 17.7 Å². The second-order valence-electron chi connectivity index (χ2n) is 4.38. The molecule has 0 aliphatic heterocycles. The quantitative estimate of drug-likeness (QED) is 0.762. The summed E-state index contributed by atoms with van der Waals surface area (Å²) >= 11 is 5.82. The Kier molecular flexibility index (Phi) is 3.78. The van der Waals surface area contributed by atoms with Gasteiger partial charge in [-0.3, -0.25) is 4.72 Å². The summed E-state index contributed by atoms with van der Waals surface area (Å²) in [4.78, 5) is 0.0993. The number of nitrogens with zero attached hydrogens (tertiary/aromatic N) is 3. The maximum absolute atomic E-state index is 12.3. The van der Waals surface area contributed by atoms with E-state index >= 15 is 0 Å². The van der Waals surface area contributed by atoms with Gasteiger partial charge in [-0.15, -0.1) is 10.2 Å². The van der Waals surface area contributed by atoms with Crippen molar-refractivity contribution in [2.24, 2.45) is 0 Å². The molecule has 112 valence electrons. The van der Waals surface area contributed by atoms with Crippen molar-refractivity contribution in [1.29, 1.82) is 0 Å². The smallest absolute Gasteiger partial charge is 0.261 e. The van der Waals surface area contributed by atoms with Crippen LogP contribution in [0.3, 0.4) is 0 Å². The van der Waals surface area contributed by atoms with Crippen molar-refractivity contribution in [3.63, 3.8) is 0 Å². The van der Waals surface area contributed by atoms with Crippen LogP contribution in [0.1, 0.15) is 0 Å². The van der Waals surface area contributed by atoms with E-state index in [1.807, 2.05) is 0 Å². The molecule has 0 spiro atoms.